The molecule has 2 aliphatic heterocycles. The van der Waals surface area contributed by atoms with E-state index in [0.29, 0.717) is 0 Å². The Labute approximate surface area is 429 Å². The molecule has 72 heavy (non-hydrogen) atoms. The van der Waals surface area contributed by atoms with Crippen LogP contribution in [-0.4, -0.2) is 11.3 Å². The van der Waals surface area contributed by atoms with Crippen LogP contribution in [0.1, 0.15) is 116 Å². The summed E-state index contributed by atoms with van der Waals surface area (Å²) in [7, 11) is 2.23. The summed E-state index contributed by atoms with van der Waals surface area (Å²) >= 11 is 0. The first kappa shape index (κ1) is 47.4. The Kier molecular flexibility index (Phi) is 10.9. The molecular weight excluding hydrogens is 874 g/mol. The number of fused-ring (bicyclic) bond motifs is 7. The lowest BCUT2D eigenvalue weighted by atomic mass is 9.33. The van der Waals surface area contributed by atoms with Gasteiger partial charge in [-0.15, -0.1) is 0 Å². The molecule has 0 radical (unpaired) electrons. The number of aryl methyl sites for hydroxylation is 3. The zero-order valence-corrected chi connectivity index (χ0v) is 45.3. The van der Waals surface area contributed by atoms with E-state index in [-0.39, 0.29) is 28.4 Å². The van der Waals surface area contributed by atoms with Gasteiger partial charge in [-0.25, -0.2) is 0 Å². The number of hydrogen-bond donors (Lipinski definition) is 0. The SMILES string of the molecule is Cc1cc(C)cc(-c2cc3c4c(c2)N(c2ccc(C(C)(C)C)cc2)c2ccc(C(C)(C)C)cc2B4c2cc4c(c(N(c5ccc(C(C)(C)C)cc5)c5ccc(C(C)(C)C)cc5)c2O3)c2ccccc2n4C)c1. The normalized spacial score (nSPS) is 13.5. The van der Waals surface area contributed by atoms with E-state index >= 15 is 0 Å². The van der Waals surface area contributed by atoms with E-state index in [4.69, 9.17) is 4.74 Å². The minimum absolute atomic E-state index is 0.00656. The van der Waals surface area contributed by atoms with E-state index in [2.05, 4.69) is 270 Å². The second-order valence-electron chi connectivity index (χ2n) is 25.0. The van der Waals surface area contributed by atoms with Crippen molar-refractivity contribution in [2.45, 2.75) is 119 Å². The molecule has 3 heterocycles. The van der Waals surface area contributed by atoms with E-state index in [9.17, 15) is 0 Å². The predicted octanol–water partition coefficient (Wildman–Crippen LogP) is 16.7. The Balaban J connectivity index is 1.28. The molecule has 0 amide bonds. The first-order chi connectivity index (χ1) is 34.0. The fraction of sp³-hybridized carbons (Fsp3) is 0.284. The molecule has 2 aliphatic rings. The molecule has 9 aromatic rings. The highest BCUT2D eigenvalue weighted by Crippen LogP contribution is 2.52. The zero-order chi connectivity index (χ0) is 51.0. The molecule has 0 aliphatic carbocycles. The van der Waals surface area contributed by atoms with Crippen LogP contribution in [0.15, 0.2) is 152 Å². The summed E-state index contributed by atoms with van der Waals surface area (Å²) in [5, 5.41) is 2.36. The third-order valence-electron chi connectivity index (χ3n) is 15.5. The molecule has 4 nitrogen and oxygen atoms in total. The van der Waals surface area contributed by atoms with Crippen molar-refractivity contribution < 1.29 is 4.74 Å². The summed E-state index contributed by atoms with van der Waals surface area (Å²) in [5.74, 6) is 1.77. The molecule has 0 saturated carbocycles. The van der Waals surface area contributed by atoms with Crippen LogP contribution in [0.4, 0.5) is 34.1 Å². The molecule has 11 rings (SSSR count). The number of rotatable bonds is 5. The Bertz CT molecular complexity index is 3530. The summed E-state index contributed by atoms with van der Waals surface area (Å²) in [6.45, 7) is 31.9. The minimum atomic E-state index is -0.149. The molecule has 5 heteroatoms. The van der Waals surface area contributed by atoms with Crippen molar-refractivity contribution >= 4 is 79.0 Å². The van der Waals surface area contributed by atoms with Gasteiger partial charge in [-0.1, -0.05) is 179 Å². The summed E-state index contributed by atoms with van der Waals surface area (Å²) in [6.07, 6.45) is 0. The standard InChI is InChI=1S/C67H70BN3O/c1-41-34-42(2)36-43(35-41)44-37-58-61-59(38-44)72-63-54(68(61)53-39-48(67(12,13)14)26-33-56(53)71(58)51-31-24-47(25-32-51)66(9,10)11)40-57-60(52-18-16-17-19-55(52)69(57)15)62(63)70(49-27-20-45(21-28-49)64(3,4)5)50-29-22-46(23-30-50)65(6,7)8/h16-40H,1-15H3. The van der Waals surface area contributed by atoms with Gasteiger partial charge >= 0.3 is 0 Å². The maximum absolute atomic E-state index is 7.91. The monoisotopic (exact) mass is 944 g/mol. The number of nitrogens with zero attached hydrogens (tertiary/aromatic N) is 3. The molecule has 0 N–H and O–H groups in total. The number of ether oxygens (including phenoxy) is 1. The van der Waals surface area contributed by atoms with Crippen LogP contribution in [0, 0.1) is 13.8 Å². The van der Waals surface area contributed by atoms with Crippen molar-refractivity contribution in [3.8, 4) is 22.6 Å². The van der Waals surface area contributed by atoms with Crippen molar-refractivity contribution in [3.05, 3.63) is 185 Å². The molecule has 1 aromatic heterocycles. The van der Waals surface area contributed by atoms with Gasteiger partial charge in [0.2, 0.25) is 0 Å². The Morgan fingerprint density at radius 1 is 0.472 bits per heavy atom. The molecule has 0 saturated heterocycles. The fourth-order valence-corrected chi connectivity index (χ4v) is 11.5. The maximum atomic E-state index is 7.91. The highest BCUT2D eigenvalue weighted by Gasteiger charge is 2.45. The quantitative estimate of drug-likeness (QED) is 0.160. The summed E-state index contributed by atoms with van der Waals surface area (Å²) < 4.78 is 10.3. The van der Waals surface area contributed by atoms with Crippen LogP contribution in [0.3, 0.4) is 0 Å². The van der Waals surface area contributed by atoms with Crippen LogP contribution in [0.5, 0.6) is 11.5 Å². The van der Waals surface area contributed by atoms with Gasteiger partial charge in [0.1, 0.15) is 11.5 Å². The topological polar surface area (TPSA) is 20.6 Å². The Morgan fingerprint density at radius 3 is 1.54 bits per heavy atom. The Morgan fingerprint density at radius 2 is 0.986 bits per heavy atom. The molecule has 0 fully saturated rings. The number of anilines is 6. The van der Waals surface area contributed by atoms with Crippen molar-refractivity contribution in [1.29, 1.82) is 0 Å². The predicted molar refractivity (Wildman–Crippen MR) is 311 cm³/mol. The van der Waals surface area contributed by atoms with Crippen molar-refractivity contribution in [3.63, 3.8) is 0 Å². The summed E-state index contributed by atoms with van der Waals surface area (Å²) in [4.78, 5) is 5.00. The number of para-hydroxylation sites is 1. The van der Waals surface area contributed by atoms with Gasteiger partial charge in [0, 0.05) is 51.8 Å². The number of aromatic nitrogens is 1. The molecule has 0 unspecified atom stereocenters. The highest BCUT2D eigenvalue weighted by atomic mass is 16.5. The van der Waals surface area contributed by atoms with E-state index < -0.39 is 0 Å². The van der Waals surface area contributed by atoms with E-state index in [0.717, 1.165) is 51.0 Å². The van der Waals surface area contributed by atoms with Gasteiger partial charge in [0.05, 0.1) is 11.2 Å². The van der Waals surface area contributed by atoms with Gasteiger partial charge in [0.25, 0.3) is 6.71 Å². The van der Waals surface area contributed by atoms with E-state index in [1.807, 2.05) is 0 Å². The fourth-order valence-electron chi connectivity index (χ4n) is 11.5. The van der Waals surface area contributed by atoms with Crippen LogP contribution in [0.25, 0.3) is 32.9 Å². The molecule has 362 valence electrons. The molecule has 0 bridgehead atoms. The lowest BCUT2D eigenvalue weighted by Gasteiger charge is -2.42. The second kappa shape index (κ2) is 16.5. The first-order valence-corrected chi connectivity index (χ1v) is 26.0. The highest BCUT2D eigenvalue weighted by molar-refractivity contribution is 6.99. The molecular formula is C67H70BN3O. The summed E-state index contributed by atoms with van der Waals surface area (Å²) in [6, 6.07) is 58.1. The van der Waals surface area contributed by atoms with Crippen molar-refractivity contribution in [2.75, 3.05) is 9.80 Å². The smallest absolute Gasteiger partial charge is 0.256 e. The van der Waals surface area contributed by atoms with Gasteiger partial charge < -0.3 is 19.1 Å². The first-order valence-electron chi connectivity index (χ1n) is 26.0. The van der Waals surface area contributed by atoms with Gasteiger partial charge in [-0.3, -0.25) is 0 Å². The maximum Gasteiger partial charge on any atom is 0.256 e. The van der Waals surface area contributed by atoms with Crippen LogP contribution >= 0.6 is 0 Å². The lowest BCUT2D eigenvalue weighted by molar-refractivity contribution is 0.489. The average molecular weight is 944 g/mol. The summed E-state index contributed by atoms with van der Waals surface area (Å²) in [5.41, 5.74) is 22.6. The zero-order valence-electron chi connectivity index (χ0n) is 45.3. The van der Waals surface area contributed by atoms with E-state index in [1.54, 1.807) is 0 Å². The average Bonchev–Trinajstić information content (AvgIpc) is 3.60. The number of hydrogen-bond acceptors (Lipinski definition) is 3. The van der Waals surface area contributed by atoms with Crippen molar-refractivity contribution in [1.82, 2.24) is 4.57 Å². The molecule has 0 atom stereocenters. The number of benzene rings is 8. The minimum Gasteiger partial charge on any atom is -0.456 e. The van der Waals surface area contributed by atoms with Crippen molar-refractivity contribution in [2.24, 2.45) is 7.05 Å². The second-order valence-corrected chi connectivity index (χ2v) is 25.0. The van der Waals surface area contributed by atoms with Crippen LogP contribution in [0.2, 0.25) is 0 Å². The molecule has 8 aromatic carbocycles. The van der Waals surface area contributed by atoms with Gasteiger partial charge in [0.15, 0.2) is 0 Å². The van der Waals surface area contributed by atoms with Gasteiger partial charge in [-0.2, -0.15) is 0 Å². The molecule has 0 spiro atoms. The third kappa shape index (κ3) is 7.91. The largest absolute Gasteiger partial charge is 0.456 e. The third-order valence-corrected chi connectivity index (χ3v) is 15.5. The lowest BCUT2D eigenvalue weighted by Crippen LogP contribution is -2.60. The Hall–Kier alpha value is -6.98. The van der Waals surface area contributed by atoms with E-state index in [1.165, 1.54) is 77.4 Å². The van der Waals surface area contributed by atoms with Crippen LogP contribution in [-0.2, 0) is 28.7 Å². The van der Waals surface area contributed by atoms with Gasteiger partial charge in [-0.05, 0) is 152 Å². The van der Waals surface area contributed by atoms with Crippen LogP contribution < -0.4 is 30.9 Å².